The van der Waals surface area contributed by atoms with Gasteiger partial charge in [-0.2, -0.15) is 0 Å². The molecule has 11 heavy (non-hydrogen) atoms. The van der Waals surface area contributed by atoms with E-state index in [9.17, 15) is 4.79 Å². The van der Waals surface area contributed by atoms with Crippen molar-refractivity contribution in [3.05, 3.63) is 12.2 Å². The molecule has 0 aliphatic carbocycles. The van der Waals surface area contributed by atoms with E-state index < -0.39 is 0 Å². The molecular weight excluding hydrogens is 136 g/mol. The summed E-state index contributed by atoms with van der Waals surface area (Å²) in [6.45, 7) is 12.3. The Morgan fingerprint density at radius 1 is 1.64 bits per heavy atom. The smallest absolute Gasteiger partial charge is 0.120 e. The standard InChI is InChI=1S/C10H18O/c1-8(2)10(4,5)9(3)6-7-11/h7,9H,1,6H2,2-5H3. The van der Waals surface area contributed by atoms with Gasteiger partial charge in [-0.3, -0.25) is 0 Å². The van der Waals surface area contributed by atoms with Gasteiger partial charge in [0.25, 0.3) is 0 Å². The van der Waals surface area contributed by atoms with E-state index in [2.05, 4.69) is 27.4 Å². The predicted octanol–water partition coefficient (Wildman–Crippen LogP) is 2.81. The van der Waals surface area contributed by atoms with Gasteiger partial charge >= 0.3 is 0 Å². The van der Waals surface area contributed by atoms with Crippen LogP contribution in [-0.2, 0) is 4.79 Å². The molecule has 1 atom stereocenters. The molecule has 0 aliphatic rings. The fraction of sp³-hybridized carbons (Fsp3) is 0.700. The average Bonchev–Trinajstić information content (AvgIpc) is 1.88. The lowest BCUT2D eigenvalue weighted by atomic mass is 9.74. The summed E-state index contributed by atoms with van der Waals surface area (Å²) in [6, 6.07) is 0. The van der Waals surface area contributed by atoms with Gasteiger partial charge in [-0.1, -0.05) is 32.9 Å². The Bertz CT molecular complexity index is 156. The third-order valence-corrected chi connectivity index (χ3v) is 2.78. The van der Waals surface area contributed by atoms with E-state index in [0.29, 0.717) is 12.3 Å². The second kappa shape index (κ2) is 3.70. The van der Waals surface area contributed by atoms with Crippen molar-refractivity contribution in [1.29, 1.82) is 0 Å². The zero-order valence-corrected chi connectivity index (χ0v) is 7.98. The van der Waals surface area contributed by atoms with Crippen LogP contribution in [0.3, 0.4) is 0 Å². The third kappa shape index (κ3) is 2.49. The minimum absolute atomic E-state index is 0.0842. The molecule has 0 aromatic carbocycles. The van der Waals surface area contributed by atoms with Crippen LogP contribution in [-0.4, -0.2) is 6.29 Å². The summed E-state index contributed by atoms with van der Waals surface area (Å²) in [7, 11) is 0. The van der Waals surface area contributed by atoms with Crippen LogP contribution in [0.15, 0.2) is 12.2 Å². The topological polar surface area (TPSA) is 17.1 Å². The summed E-state index contributed by atoms with van der Waals surface area (Å²) in [5.74, 6) is 0.387. The second-order valence-corrected chi connectivity index (χ2v) is 3.81. The monoisotopic (exact) mass is 154 g/mol. The lowest BCUT2D eigenvalue weighted by molar-refractivity contribution is -0.109. The van der Waals surface area contributed by atoms with Crippen molar-refractivity contribution in [2.24, 2.45) is 11.3 Å². The number of allylic oxidation sites excluding steroid dienone is 1. The Labute approximate surface area is 69.5 Å². The van der Waals surface area contributed by atoms with Crippen molar-refractivity contribution in [2.75, 3.05) is 0 Å². The van der Waals surface area contributed by atoms with Crippen molar-refractivity contribution in [2.45, 2.75) is 34.1 Å². The van der Waals surface area contributed by atoms with Crippen LogP contribution in [0.2, 0.25) is 0 Å². The molecule has 0 rings (SSSR count). The van der Waals surface area contributed by atoms with Gasteiger partial charge in [0, 0.05) is 6.42 Å². The van der Waals surface area contributed by atoms with Gasteiger partial charge in [-0.15, -0.1) is 0 Å². The highest BCUT2D eigenvalue weighted by atomic mass is 16.1. The second-order valence-electron chi connectivity index (χ2n) is 3.81. The summed E-state index contributed by atoms with van der Waals surface area (Å²) < 4.78 is 0. The van der Waals surface area contributed by atoms with Crippen LogP contribution < -0.4 is 0 Å². The first-order valence-corrected chi connectivity index (χ1v) is 4.02. The molecule has 0 spiro atoms. The fourth-order valence-corrected chi connectivity index (χ4v) is 0.860. The minimum atomic E-state index is 0.0842. The summed E-state index contributed by atoms with van der Waals surface area (Å²) in [4.78, 5) is 10.3. The molecule has 0 fully saturated rings. The lowest BCUT2D eigenvalue weighted by Crippen LogP contribution is -2.22. The summed E-state index contributed by atoms with van der Waals surface area (Å²) >= 11 is 0. The molecule has 0 N–H and O–H groups in total. The van der Waals surface area contributed by atoms with Crippen molar-refractivity contribution >= 4 is 6.29 Å². The average molecular weight is 154 g/mol. The van der Waals surface area contributed by atoms with Crippen molar-refractivity contribution < 1.29 is 4.79 Å². The predicted molar refractivity (Wildman–Crippen MR) is 48.4 cm³/mol. The fourth-order valence-electron chi connectivity index (χ4n) is 0.860. The molecule has 0 saturated heterocycles. The number of rotatable bonds is 4. The van der Waals surface area contributed by atoms with Crippen molar-refractivity contribution in [1.82, 2.24) is 0 Å². The normalized spacial score (nSPS) is 14.2. The number of carbonyl (C=O) groups is 1. The summed E-state index contributed by atoms with van der Waals surface area (Å²) in [5.41, 5.74) is 1.23. The highest BCUT2D eigenvalue weighted by Crippen LogP contribution is 2.34. The number of aldehydes is 1. The molecule has 1 nitrogen and oxygen atoms in total. The lowest BCUT2D eigenvalue weighted by Gasteiger charge is -2.31. The maximum absolute atomic E-state index is 10.3. The van der Waals surface area contributed by atoms with Gasteiger partial charge in [0.05, 0.1) is 0 Å². The molecule has 0 bridgehead atoms. The Morgan fingerprint density at radius 2 is 2.09 bits per heavy atom. The highest BCUT2D eigenvalue weighted by molar-refractivity contribution is 5.50. The van der Waals surface area contributed by atoms with Crippen LogP contribution in [0.25, 0.3) is 0 Å². The van der Waals surface area contributed by atoms with Gasteiger partial charge in [-0.25, -0.2) is 0 Å². The van der Waals surface area contributed by atoms with Crippen molar-refractivity contribution in [3.63, 3.8) is 0 Å². The van der Waals surface area contributed by atoms with E-state index in [1.165, 1.54) is 0 Å². The molecule has 0 radical (unpaired) electrons. The molecule has 1 unspecified atom stereocenters. The zero-order chi connectivity index (χ0) is 9.07. The van der Waals surface area contributed by atoms with E-state index in [1.807, 2.05) is 6.92 Å². The Kier molecular flexibility index (Phi) is 3.50. The first-order chi connectivity index (χ1) is 4.92. The molecule has 0 aromatic heterocycles. The van der Waals surface area contributed by atoms with Crippen LogP contribution in [0.4, 0.5) is 0 Å². The number of carbonyl (C=O) groups excluding carboxylic acids is 1. The SMILES string of the molecule is C=C(C)C(C)(C)C(C)CC=O. The molecule has 0 aliphatic heterocycles. The molecule has 0 saturated carbocycles. The quantitative estimate of drug-likeness (QED) is 0.449. The first-order valence-electron chi connectivity index (χ1n) is 4.02. The molecule has 0 heterocycles. The number of hydrogen-bond acceptors (Lipinski definition) is 1. The van der Waals surface area contributed by atoms with Gasteiger partial charge in [0.1, 0.15) is 6.29 Å². The van der Waals surface area contributed by atoms with E-state index in [0.717, 1.165) is 11.9 Å². The van der Waals surface area contributed by atoms with E-state index in [1.54, 1.807) is 0 Å². The van der Waals surface area contributed by atoms with E-state index >= 15 is 0 Å². The van der Waals surface area contributed by atoms with E-state index in [-0.39, 0.29) is 5.41 Å². The Hall–Kier alpha value is -0.590. The number of hydrogen-bond donors (Lipinski definition) is 0. The van der Waals surface area contributed by atoms with Crippen LogP contribution in [0, 0.1) is 11.3 Å². The maximum atomic E-state index is 10.3. The molecule has 0 aromatic rings. The molecular formula is C10H18O. The molecule has 1 heteroatoms. The molecule has 0 amide bonds. The van der Waals surface area contributed by atoms with Gasteiger partial charge in [-0.05, 0) is 18.3 Å². The summed E-state index contributed by atoms with van der Waals surface area (Å²) in [6.07, 6.45) is 1.61. The van der Waals surface area contributed by atoms with Gasteiger partial charge in [0.15, 0.2) is 0 Å². The Balaban J connectivity index is 4.28. The van der Waals surface area contributed by atoms with Crippen molar-refractivity contribution in [3.8, 4) is 0 Å². The first kappa shape index (κ1) is 10.4. The van der Waals surface area contributed by atoms with Gasteiger partial charge in [0.2, 0.25) is 0 Å². The Morgan fingerprint density at radius 3 is 2.36 bits per heavy atom. The van der Waals surface area contributed by atoms with Crippen LogP contribution in [0.5, 0.6) is 0 Å². The maximum Gasteiger partial charge on any atom is 0.120 e. The zero-order valence-electron chi connectivity index (χ0n) is 7.98. The summed E-state index contributed by atoms with van der Waals surface area (Å²) in [5, 5.41) is 0. The highest BCUT2D eigenvalue weighted by Gasteiger charge is 2.25. The van der Waals surface area contributed by atoms with Crippen LogP contribution >= 0.6 is 0 Å². The minimum Gasteiger partial charge on any atom is -0.303 e. The largest absolute Gasteiger partial charge is 0.303 e. The van der Waals surface area contributed by atoms with Gasteiger partial charge < -0.3 is 4.79 Å². The molecule has 64 valence electrons. The van der Waals surface area contributed by atoms with E-state index in [4.69, 9.17) is 0 Å². The third-order valence-electron chi connectivity index (χ3n) is 2.78. The van der Waals surface area contributed by atoms with Crippen LogP contribution in [0.1, 0.15) is 34.1 Å².